The molecule has 0 spiro atoms. The fraction of sp³-hybridized carbons (Fsp3) is 0.143. The highest BCUT2D eigenvalue weighted by Gasteiger charge is 2.52. The minimum atomic E-state index is -0.297. The van der Waals surface area contributed by atoms with Crippen molar-refractivity contribution in [2.45, 2.75) is 90.3 Å². The minimum absolute atomic E-state index is 0.0372. The predicted octanol–water partition coefficient (Wildman–Crippen LogP) is 25.8. The van der Waals surface area contributed by atoms with Crippen LogP contribution in [0.1, 0.15) is 99.9 Å². The number of rotatable bonds is 10. The van der Waals surface area contributed by atoms with E-state index in [1.807, 2.05) is 0 Å². The molecule has 14 aromatic carbocycles. The van der Waals surface area contributed by atoms with Crippen molar-refractivity contribution in [1.82, 2.24) is 0 Å². The molecule has 1 aliphatic heterocycles. The monoisotopic (exact) mass is 1410 g/mol. The van der Waals surface area contributed by atoms with Gasteiger partial charge in [0.2, 0.25) is 0 Å². The van der Waals surface area contributed by atoms with Crippen molar-refractivity contribution in [2.24, 2.45) is 0 Å². The van der Waals surface area contributed by atoms with E-state index in [-0.39, 0.29) is 29.2 Å². The lowest BCUT2D eigenvalue weighted by Crippen LogP contribution is -2.41. The van der Waals surface area contributed by atoms with Gasteiger partial charge in [-0.25, -0.2) is 0 Å². The highest BCUT2D eigenvalue weighted by molar-refractivity contribution is 9.10. The minimum Gasteiger partial charge on any atom is -0.399 e. The van der Waals surface area contributed by atoms with E-state index in [2.05, 4.69) is 409 Å². The summed E-state index contributed by atoms with van der Waals surface area (Å²) in [7, 11) is -0.289. The summed E-state index contributed by atoms with van der Waals surface area (Å²) in [6.07, 6.45) is 2.04. The number of halogens is 1. The molecule has 0 aromatic heterocycles. The second-order valence-corrected chi connectivity index (χ2v) is 31.3. The quantitative estimate of drug-likeness (QED) is 0.127. The molecular formula is C98H82BBrN2O2. The summed E-state index contributed by atoms with van der Waals surface area (Å²) in [5, 5.41) is 0. The average molecular weight is 1410 g/mol. The first-order valence-electron chi connectivity index (χ1n) is 36.5. The molecule has 1 heterocycles. The molecule has 104 heavy (non-hydrogen) atoms. The van der Waals surface area contributed by atoms with Crippen molar-refractivity contribution in [3.05, 3.63) is 377 Å². The molecule has 0 atom stereocenters. The van der Waals surface area contributed by atoms with Crippen LogP contribution in [0.2, 0.25) is 0 Å². The summed E-state index contributed by atoms with van der Waals surface area (Å²) < 4.78 is 13.4. The summed E-state index contributed by atoms with van der Waals surface area (Å²) in [5.41, 5.74) is 36.6. The van der Waals surface area contributed by atoms with E-state index in [0.29, 0.717) is 0 Å². The van der Waals surface area contributed by atoms with Crippen LogP contribution in [0.5, 0.6) is 0 Å². The third-order valence-electron chi connectivity index (χ3n) is 22.8. The molecule has 0 saturated carbocycles. The zero-order chi connectivity index (χ0) is 71.1. The molecule has 1 fully saturated rings. The Kier molecular flexibility index (Phi) is 16.9. The Morgan fingerprint density at radius 1 is 0.260 bits per heavy atom. The molecule has 506 valence electrons. The van der Waals surface area contributed by atoms with Gasteiger partial charge < -0.3 is 19.1 Å². The van der Waals surface area contributed by atoms with Crippen LogP contribution in [-0.2, 0) is 33.0 Å². The standard InChI is InChI=1S/C46H35N.C33H26BrN.C19H21BO2/c1-46(2)44-15-9-8-14-41(44)42-27-26-39(30-45(42)46)47(37-22-18-32(19-23-37)31-10-4-3-5-11-31)38-24-20-33(21-25-38)34-16-17-36-28-35-12-6-7-13-40(35)43(36)29-34;1-33(2)31-11-7-6-10-29(31)30-21-20-28(22-32(30)33)35(27-18-14-25(34)15-19-27)26-16-12-24(13-17-26)23-8-4-3-5-9-23;1-18(2)19(3,4)22-20(21-18)15-10-9-14-11-13-7-5-6-8-16(13)17(14)12-15/h3-27,29-30H,28H2,1-2H3;3-22H,1-2H3;5-10,12H,11H2,1-4H3. The van der Waals surface area contributed by atoms with Crippen molar-refractivity contribution < 1.29 is 9.31 Å². The van der Waals surface area contributed by atoms with Crippen LogP contribution in [0.25, 0.3) is 77.9 Å². The number of hydrogen-bond acceptors (Lipinski definition) is 4. The SMILES string of the molecule is CC1(C)OB(c2ccc3c(c2)-c2ccccc2C3)OC1(C)C.CC1(C)c2ccccc2-c2ccc(N(c3ccc(-c4ccccc4)cc3)c3ccc(-c4ccc5c(c4)-c4ccccc4C5)cc3)cc21.CC1(C)c2ccccc2-c2ccc(N(c3ccc(Br)cc3)c3ccc(-c4ccccc4)cc3)cc21. The Morgan fingerprint density at radius 2 is 0.577 bits per heavy atom. The largest absolute Gasteiger partial charge is 0.494 e. The number of benzene rings is 14. The number of fused-ring (bicyclic) bond motifs is 12. The fourth-order valence-corrected chi connectivity index (χ4v) is 16.7. The van der Waals surface area contributed by atoms with E-state index >= 15 is 0 Å². The molecule has 1 saturated heterocycles. The highest BCUT2D eigenvalue weighted by atomic mass is 79.9. The third kappa shape index (κ3) is 12.0. The molecule has 0 bridgehead atoms. The van der Waals surface area contributed by atoms with E-state index in [9.17, 15) is 0 Å². The maximum Gasteiger partial charge on any atom is 0.494 e. The van der Waals surface area contributed by atoms with E-state index in [1.54, 1.807) is 0 Å². The van der Waals surface area contributed by atoms with E-state index < -0.39 is 0 Å². The van der Waals surface area contributed by atoms with Crippen LogP contribution < -0.4 is 15.3 Å². The van der Waals surface area contributed by atoms with E-state index in [4.69, 9.17) is 9.31 Å². The summed E-state index contributed by atoms with van der Waals surface area (Å²) in [6.45, 7) is 17.7. The van der Waals surface area contributed by atoms with Gasteiger partial charge in [0.25, 0.3) is 0 Å². The van der Waals surface area contributed by atoms with Gasteiger partial charge in [-0.3, -0.25) is 0 Å². The van der Waals surface area contributed by atoms with Gasteiger partial charge >= 0.3 is 7.12 Å². The van der Waals surface area contributed by atoms with Gasteiger partial charge in [-0.15, -0.1) is 0 Å². The van der Waals surface area contributed by atoms with Crippen LogP contribution in [-0.4, -0.2) is 18.3 Å². The van der Waals surface area contributed by atoms with Crippen molar-refractivity contribution in [3.63, 3.8) is 0 Å². The first-order chi connectivity index (χ1) is 50.4. The maximum absolute atomic E-state index is 6.18. The zero-order valence-electron chi connectivity index (χ0n) is 60.3. The molecule has 4 aliphatic carbocycles. The lowest BCUT2D eigenvalue weighted by Gasteiger charge is -2.32. The van der Waals surface area contributed by atoms with Gasteiger partial charge in [0, 0.05) is 49.4 Å². The molecule has 4 nitrogen and oxygen atoms in total. The highest BCUT2D eigenvalue weighted by Crippen LogP contribution is 2.53. The molecule has 5 aliphatic rings. The van der Waals surface area contributed by atoms with Crippen molar-refractivity contribution in [2.75, 3.05) is 9.80 Å². The topological polar surface area (TPSA) is 24.9 Å². The molecule has 0 unspecified atom stereocenters. The van der Waals surface area contributed by atoms with E-state index in [1.165, 1.54) is 134 Å². The maximum atomic E-state index is 6.18. The molecule has 0 radical (unpaired) electrons. The van der Waals surface area contributed by atoms with Gasteiger partial charge in [-0.1, -0.05) is 280 Å². The molecule has 14 aromatic rings. The first-order valence-corrected chi connectivity index (χ1v) is 37.3. The smallest absolute Gasteiger partial charge is 0.399 e. The number of nitrogens with zero attached hydrogens (tertiary/aromatic N) is 2. The Morgan fingerprint density at radius 3 is 1.02 bits per heavy atom. The molecule has 0 N–H and O–H groups in total. The van der Waals surface area contributed by atoms with Gasteiger partial charge in [0.05, 0.1) is 11.2 Å². The second kappa shape index (κ2) is 26.4. The number of anilines is 6. The Balaban J connectivity index is 0.000000123. The summed E-state index contributed by atoms with van der Waals surface area (Å²) in [4.78, 5) is 4.75. The lowest BCUT2D eigenvalue weighted by molar-refractivity contribution is 0.00578. The van der Waals surface area contributed by atoms with Crippen LogP contribution in [0, 0.1) is 0 Å². The fourth-order valence-electron chi connectivity index (χ4n) is 16.4. The molecule has 6 heteroatoms. The molecule has 19 rings (SSSR count). The van der Waals surface area contributed by atoms with Crippen LogP contribution >= 0.6 is 15.9 Å². The first kappa shape index (κ1) is 66.4. The Hall–Kier alpha value is -10.9. The van der Waals surface area contributed by atoms with Gasteiger partial charge in [0.1, 0.15) is 0 Å². The lowest BCUT2D eigenvalue weighted by atomic mass is 9.77. The summed E-state index contributed by atoms with van der Waals surface area (Å²) in [6, 6.07) is 119. The van der Waals surface area contributed by atoms with Crippen LogP contribution in [0.4, 0.5) is 34.1 Å². The Labute approximate surface area is 622 Å². The Bertz CT molecular complexity index is 5550. The van der Waals surface area contributed by atoms with Crippen LogP contribution in [0.3, 0.4) is 0 Å². The molecular weight excluding hydrogens is 1330 g/mol. The molecule has 0 amide bonds. The summed E-state index contributed by atoms with van der Waals surface area (Å²) in [5.74, 6) is 0. The van der Waals surface area contributed by atoms with Gasteiger partial charge in [-0.2, -0.15) is 0 Å². The van der Waals surface area contributed by atoms with Crippen molar-refractivity contribution in [1.29, 1.82) is 0 Å². The number of hydrogen-bond donors (Lipinski definition) is 0. The van der Waals surface area contributed by atoms with Gasteiger partial charge in [0.15, 0.2) is 0 Å². The zero-order valence-corrected chi connectivity index (χ0v) is 61.8. The average Bonchev–Trinajstić information content (AvgIpc) is 1.60. The van der Waals surface area contributed by atoms with Gasteiger partial charge in [-0.05, 0) is 259 Å². The summed E-state index contributed by atoms with van der Waals surface area (Å²) >= 11 is 3.60. The third-order valence-corrected chi connectivity index (χ3v) is 23.3. The van der Waals surface area contributed by atoms with Crippen molar-refractivity contribution >= 4 is 62.6 Å². The van der Waals surface area contributed by atoms with Crippen molar-refractivity contribution in [3.8, 4) is 77.9 Å². The predicted molar refractivity (Wildman–Crippen MR) is 440 cm³/mol. The normalized spacial score (nSPS) is 14.9. The second-order valence-electron chi connectivity index (χ2n) is 30.4. The van der Waals surface area contributed by atoms with Crippen LogP contribution in [0.15, 0.2) is 332 Å². The van der Waals surface area contributed by atoms with E-state index in [0.717, 1.165) is 45.5 Å².